The standard InChI is InChI=1S/C19H27N3O2/c23-18(15-5-9-20-10-6-15)21-11-7-16-8-12-24-19(16)13-22(14-19)17-3-1-2-4-17/h5-6,9-10,16-17H,1-4,7-8,11-14H2,(H,21,23). The summed E-state index contributed by atoms with van der Waals surface area (Å²) in [6, 6.07) is 4.30. The molecular weight excluding hydrogens is 302 g/mol. The Hall–Kier alpha value is -1.46. The van der Waals surface area contributed by atoms with Gasteiger partial charge in [-0.1, -0.05) is 12.8 Å². The lowest BCUT2D eigenvalue weighted by atomic mass is 9.78. The average molecular weight is 329 g/mol. The van der Waals surface area contributed by atoms with E-state index in [1.165, 1.54) is 25.7 Å². The molecule has 1 unspecified atom stereocenters. The summed E-state index contributed by atoms with van der Waals surface area (Å²) in [7, 11) is 0. The van der Waals surface area contributed by atoms with Gasteiger partial charge in [0.2, 0.25) is 0 Å². The van der Waals surface area contributed by atoms with Crippen LogP contribution in [0.5, 0.6) is 0 Å². The Labute approximate surface area is 143 Å². The van der Waals surface area contributed by atoms with Crippen LogP contribution in [0.3, 0.4) is 0 Å². The zero-order chi connectivity index (χ0) is 16.4. The Morgan fingerprint density at radius 1 is 1.25 bits per heavy atom. The average Bonchev–Trinajstić information content (AvgIpc) is 3.23. The van der Waals surface area contributed by atoms with Gasteiger partial charge in [-0.05, 0) is 43.7 Å². The molecule has 130 valence electrons. The molecule has 0 bridgehead atoms. The van der Waals surface area contributed by atoms with Crippen LogP contribution in [0.15, 0.2) is 24.5 Å². The monoisotopic (exact) mass is 329 g/mol. The fourth-order valence-electron chi connectivity index (χ4n) is 4.68. The Kier molecular flexibility index (Phi) is 4.55. The SMILES string of the molecule is O=C(NCCC1CCOC12CN(C1CCCC1)C2)c1ccncc1. The van der Waals surface area contributed by atoms with Crippen molar-refractivity contribution in [2.24, 2.45) is 5.92 Å². The maximum Gasteiger partial charge on any atom is 0.251 e. The molecule has 3 heterocycles. The number of likely N-dealkylation sites (tertiary alicyclic amines) is 1. The number of rotatable bonds is 5. The first-order chi connectivity index (χ1) is 11.8. The molecule has 0 radical (unpaired) electrons. The van der Waals surface area contributed by atoms with Crippen LogP contribution in [0.2, 0.25) is 0 Å². The van der Waals surface area contributed by atoms with E-state index >= 15 is 0 Å². The maximum atomic E-state index is 12.1. The number of nitrogens with one attached hydrogen (secondary N) is 1. The first kappa shape index (κ1) is 16.0. The summed E-state index contributed by atoms with van der Waals surface area (Å²) in [5.74, 6) is 0.569. The van der Waals surface area contributed by atoms with Gasteiger partial charge < -0.3 is 10.1 Å². The zero-order valence-corrected chi connectivity index (χ0v) is 14.2. The lowest BCUT2D eigenvalue weighted by Gasteiger charge is -2.53. The number of aromatic nitrogens is 1. The molecule has 4 rings (SSSR count). The molecule has 2 saturated heterocycles. The fourth-order valence-corrected chi connectivity index (χ4v) is 4.68. The molecule has 1 aromatic rings. The highest BCUT2D eigenvalue weighted by Crippen LogP contribution is 2.44. The van der Waals surface area contributed by atoms with Crippen LogP contribution < -0.4 is 5.32 Å². The molecule has 1 aliphatic carbocycles. The Bertz CT molecular complexity index is 565. The van der Waals surface area contributed by atoms with Crippen molar-refractivity contribution in [2.45, 2.75) is 50.2 Å². The lowest BCUT2D eigenvalue weighted by Crippen LogP contribution is -2.66. The predicted molar refractivity (Wildman–Crippen MR) is 91.8 cm³/mol. The van der Waals surface area contributed by atoms with Gasteiger partial charge in [-0.2, -0.15) is 0 Å². The third-order valence-corrected chi connectivity index (χ3v) is 6.10. The second-order valence-corrected chi connectivity index (χ2v) is 7.52. The summed E-state index contributed by atoms with van der Waals surface area (Å²) in [4.78, 5) is 18.7. The molecule has 1 aromatic heterocycles. The Morgan fingerprint density at radius 3 is 2.75 bits per heavy atom. The smallest absolute Gasteiger partial charge is 0.251 e. The highest BCUT2D eigenvalue weighted by molar-refractivity contribution is 5.93. The third-order valence-electron chi connectivity index (χ3n) is 6.10. The minimum absolute atomic E-state index is 0.00782. The summed E-state index contributed by atoms with van der Waals surface area (Å²) >= 11 is 0. The van der Waals surface area contributed by atoms with E-state index in [4.69, 9.17) is 4.74 Å². The number of amides is 1. The molecule has 5 heteroatoms. The van der Waals surface area contributed by atoms with E-state index in [0.717, 1.165) is 45.1 Å². The van der Waals surface area contributed by atoms with Gasteiger partial charge in [0, 0.05) is 50.2 Å². The van der Waals surface area contributed by atoms with Gasteiger partial charge in [0.25, 0.3) is 5.91 Å². The molecule has 1 spiro atoms. The highest BCUT2D eigenvalue weighted by atomic mass is 16.5. The minimum atomic E-state index is -0.00782. The molecule has 1 atom stereocenters. The van der Waals surface area contributed by atoms with E-state index in [9.17, 15) is 4.79 Å². The molecule has 3 aliphatic rings. The minimum Gasteiger partial charge on any atom is -0.372 e. The van der Waals surface area contributed by atoms with E-state index in [-0.39, 0.29) is 11.5 Å². The van der Waals surface area contributed by atoms with E-state index < -0.39 is 0 Å². The van der Waals surface area contributed by atoms with Crippen molar-refractivity contribution in [3.63, 3.8) is 0 Å². The van der Waals surface area contributed by atoms with Crippen molar-refractivity contribution < 1.29 is 9.53 Å². The van der Waals surface area contributed by atoms with Gasteiger partial charge in [0.15, 0.2) is 0 Å². The van der Waals surface area contributed by atoms with Crippen molar-refractivity contribution in [3.8, 4) is 0 Å². The van der Waals surface area contributed by atoms with Crippen molar-refractivity contribution in [3.05, 3.63) is 30.1 Å². The van der Waals surface area contributed by atoms with Gasteiger partial charge in [0.05, 0.1) is 5.60 Å². The first-order valence-electron chi connectivity index (χ1n) is 9.33. The van der Waals surface area contributed by atoms with Crippen LogP contribution >= 0.6 is 0 Å². The second-order valence-electron chi connectivity index (χ2n) is 7.52. The number of hydrogen-bond acceptors (Lipinski definition) is 4. The van der Waals surface area contributed by atoms with Crippen molar-refractivity contribution in [1.82, 2.24) is 15.2 Å². The van der Waals surface area contributed by atoms with Crippen LogP contribution in [-0.4, -0.2) is 53.7 Å². The lowest BCUT2D eigenvalue weighted by molar-refractivity contribution is -0.146. The molecule has 0 aromatic carbocycles. The van der Waals surface area contributed by atoms with Crippen LogP contribution in [-0.2, 0) is 4.74 Å². The number of ether oxygens (including phenoxy) is 1. The van der Waals surface area contributed by atoms with Crippen molar-refractivity contribution in [2.75, 3.05) is 26.2 Å². The summed E-state index contributed by atoms with van der Waals surface area (Å²) in [6.45, 7) is 3.79. The van der Waals surface area contributed by atoms with Crippen LogP contribution in [0.1, 0.15) is 48.9 Å². The van der Waals surface area contributed by atoms with Gasteiger partial charge in [-0.3, -0.25) is 14.7 Å². The van der Waals surface area contributed by atoms with Gasteiger partial charge in [-0.25, -0.2) is 0 Å². The highest BCUT2D eigenvalue weighted by Gasteiger charge is 2.54. The molecule has 2 aliphatic heterocycles. The van der Waals surface area contributed by atoms with Gasteiger partial charge in [-0.15, -0.1) is 0 Å². The topological polar surface area (TPSA) is 54.5 Å². The molecule has 1 saturated carbocycles. The summed E-state index contributed by atoms with van der Waals surface area (Å²) < 4.78 is 6.16. The molecular formula is C19H27N3O2. The number of hydrogen-bond donors (Lipinski definition) is 1. The van der Waals surface area contributed by atoms with Crippen LogP contribution in [0.25, 0.3) is 0 Å². The van der Waals surface area contributed by atoms with E-state index in [2.05, 4.69) is 15.2 Å². The molecule has 1 N–H and O–H groups in total. The predicted octanol–water partition coefficient (Wildman–Crippen LogP) is 2.23. The van der Waals surface area contributed by atoms with E-state index in [1.54, 1.807) is 24.5 Å². The molecule has 3 fully saturated rings. The maximum absolute atomic E-state index is 12.1. The van der Waals surface area contributed by atoms with Crippen molar-refractivity contribution >= 4 is 5.91 Å². The normalized spacial score (nSPS) is 26.6. The molecule has 1 amide bonds. The zero-order valence-electron chi connectivity index (χ0n) is 14.2. The molecule has 24 heavy (non-hydrogen) atoms. The molecule has 5 nitrogen and oxygen atoms in total. The number of carbonyl (C=O) groups excluding carboxylic acids is 1. The summed E-state index contributed by atoms with van der Waals surface area (Å²) in [5.41, 5.74) is 0.753. The van der Waals surface area contributed by atoms with Crippen molar-refractivity contribution in [1.29, 1.82) is 0 Å². The number of pyridine rings is 1. The van der Waals surface area contributed by atoms with Gasteiger partial charge in [0.1, 0.15) is 0 Å². The largest absolute Gasteiger partial charge is 0.372 e. The van der Waals surface area contributed by atoms with Gasteiger partial charge >= 0.3 is 0 Å². The quantitative estimate of drug-likeness (QED) is 0.900. The first-order valence-corrected chi connectivity index (χ1v) is 9.33. The van der Waals surface area contributed by atoms with Crippen LogP contribution in [0, 0.1) is 5.92 Å². The number of nitrogens with zero attached hydrogens (tertiary/aromatic N) is 2. The third kappa shape index (κ3) is 3.07. The number of carbonyl (C=O) groups is 1. The second kappa shape index (κ2) is 6.81. The Morgan fingerprint density at radius 2 is 2.00 bits per heavy atom. The Balaban J connectivity index is 1.25. The van der Waals surface area contributed by atoms with Crippen LogP contribution in [0.4, 0.5) is 0 Å². The van der Waals surface area contributed by atoms with E-state index in [0.29, 0.717) is 11.5 Å². The summed E-state index contributed by atoms with van der Waals surface area (Å²) in [6.07, 6.45) is 10.9. The van der Waals surface area contributed by atoms with E-state index in [1.807, 2.05) is 0 Å². The summed E-state index contributed by atoms with van der Waals surface area (Å²) in [5, 5.41) is 3.04. The fraction of sp³-hybridized carbons (Fsp3) is 0.684.